The van der Waals surface area contributed by atoms with Crippen LogP contribution in [0.25, 0.3) is 33.7 Å². The number of hydrogen-bond acceptors (Lipinski definition) is 5. The van der Waals surface area contributed by atoms with Crippen molar-refractivity contribution in [2.75, 3.05) is 12.8 Å². The minimum Gasteiger partial charge on any atom is -0.496 e. The number of halogens is 3. The number of ether oxygens (including phenoxy) is 2. The molecule has 5 nitrogen and oxygen atoms in total. The number of fused-ring (bicyclic) bond motifs is 1. The zero-order chi connectivity index (χ0) is 20.6. The van der Waals surface area contributed by atoms with Gasteiger partial charge in [-0.25, -0.2) is 4.98 Å². The maximum absolute atomic E-state index is 12.3. The second kappa shape index (κ2) is 7.05. The first-order valence-electron chi connectivity index (χ1n) is 8.53. The van der Waals surface area contributed by atoms with E-state index in [0.717, 1.165) is 5.56 Å². The molecule has 0 aliphatic heterocycles. The highest BCUT2D eigenvalue weighted by Gasteiger charge is 2.31. The molecule has 4 rings (SSSR count). The number of methoxy groups -OCH3 is 1. The van der Waals surface area contributed by atoms with Gasteiger partial charge in [0.25, 0.3) is 0 Å². The van der Waals surface area contributed by atoms with Gasteiger partial charge in [-0.15, -0.1) is 13.2 Å². The first kappa shape index (κ1) is 18.7. The number of aromatic nitrogens is 1. The molecule has 29 heavy (non-hydrogen) atoms. The van der Waals surface area contributed by atoms with E-state index < -0.39 is 6.36 Å². The third-order valence-electron chi connectivity index (χ3n) is 4.26. The Kier molecular flexibility index (Phi) is 4.54. The molecular formula is C21H15F3N2O3. The fourth-order valence-corrected chi connectivity index (χ4v) is 2.96. The minimum atomic E-state index is -4.72. The fourth-order valence-electron chi connectivity index (χ4n) is 2.96. The molecule has 0 bridgehead atoms. The van der Waals surface area contributed by atoms with Crippen LogP contribution in [0.15, 0.2) is 65.1 Å². The van der Waals surface area contributed by atoms with E-state index in [1.807, 2.05) is 0 Å². The molecule has 148 valence electrons. The van der Waals surface area contributed by atoms with Gasteiger partial charge in [-0.05, 0) is 53.6 Å². The van der Waals surface area contributed by atoms with Crippen LogP contribution in [0, 0.1) is 0 Å². The lowest BCUT2D eigenvalue weighted by atomic mass is 10.1. The fraction of sp³-hybridized carbons (Fsp3) is 0.0952. The molecule has 2 N–H and O–H groups in total. The van der Waals surface area contributed by atoms with E-state index in [2.05, 4.69) is 9.72 Å². The van der Waals surface area contributed by atoms with Crippen LogP contribution < -0.4 is 15.2 Å². The quantitative estimate of drug-likeness (QED) is 0.448. The van der Waals surface area contributed by atoms with E-state index >= 15 is 0 Å². The number of nitrogen functional groups attached to an aromatic ring is 1. The molecule has 4 aromatic rings. The molecule has 3 aromatic carbocycles. The molecule has 0 fully saturated rings. The average Bonchev–Trinajstić information content (AvgIpc) is 3.10. The summed E-state index contributed by atoms with van der Waals surface area (Å²) in [7, 11) is 1.54. The molecule has 0 aliphatic rings. The number of hydrogen-bond donors (Lipinski definition) is 1. The SMILES string of the molecule is COc1ccc(N)cc1-c1nc2cc(-c3ccc(OC(F)(F)F)cc3)ccc2o1. The molecule has 0 spiro atoms. The molecule has 1 heterocycles. The number of oxazole rings is 1. The topological polar surface area (TPSA) is 70.5 Å². The van der Waals surface area contributed by atoms with Gasteiger partial charge < -0.3 is 19.6 Å². The lowest BCUT2D eigenvalue weighted by Crippen LogP contribution is -2.16. The number of nitrogens with zero attached hydrogens (tertiary/aromatic N) is 1. The van der Waals surface area contributed by atoms with Gasteiger partial charge in [0.2, 0.25) is 5.89 Å². The average molecular weight is 400 g/mol. The Hall–Kier alpha value is -3.68. The van der Waals surface area contributed by atoms with Crippen molar-refractivity contribution < 1.29 is 27.1 Å². The molecule has 0 radical (unpaired) electrons. The first-order valence-corrected chi connectivity index (χ1v) is 8.53. The van der Waals surface area contributed by atoms with Gasteiger partial charge in [0.1, 0.15) is 17.0 Å². The Bertz CT molecular complexity index is 1170. The summed E-state index contributed by atoms with van der Waals surface area (Å²) in [6.07, 6.45) is -4.72. The summed E-state index contributed by atoms with van der Waals surface area (Å²) in [4.78, 5) is 4.51. The van der Waals surface area contributed by atoms with Crippen molar-refractivity contribution in [3.05, 3.63) is 60.7 Å². The predicted molar refractivity (Wildman–Crippen MR) is 103 cm³/mol. The molecule has 0 unspecified atom stereocenters. The Morgan fingerprint density at radius 3 is 2.34 bits per heavy atom. The van der Waals surface area contributed by atoms with Crippen LogP contribution in [-0.2, 0) is 0 Å². The molecule has 0 saturated heterocycles. The standard InChI is InChI=1S/C21H15F3N2O3/c1-27-18-9-5-14(25)11-16(18)20-26-17-10-13(4-8-19(17)28-20)12-2-6-15(7-3-12)29-21(22,23)24/h2-11H,25H2,1H3. The molecular weight excluding hydrogens is 385 g/mol. The largest absolute Gasteiger partial charge is 0.573 e. The smallest absolute Gasteiger partial charge is 0.496 e. The van der Waals surface area contributed by atoms with E-state index in [-0.39, 0.29) is 5.75 Å². The molecule has 8 heteroatoms. The lowest BCUT2D eigenvalue weighted by Gasteiger charge is -2.09. The second-order valence-corrected chi connectivity index (χ2v) is 6.23. The van der Waals surface area contributed by atoms with Gasteiger partial charge in [-0.2, -0.15) is 0 Å². The summed E-state index contributed by atoms with van der Waals surface area (Å²) in [6, 6.07) is 16.1. The Morgan fingerprint density at radius 1 is 0.931 bits per heavy atom. The van der Waals surface area contributed by atoms with Crippen molar-refractivity contribution in [1.29, 1.82) is 0 Å². The van der Waals surface area contributed by atoms with Gasteiger partial charge >= 0.3 is 6.36 Å². The van der Waals surface area contributed by atoms with Crippen molar-refractivity contribution in [3.8, 4) is 34.1 Å². The van der Waals surface area contributed by atoms with Gasteiger partial charge in [0.15, 0.2) is 5.58 Å². The monoisotopic (exact) mass is 400 g/mol. The van der Waals surface area contributed by atoms with Gasteiger partial charge in [-0.3, -0.25) is 0 Å². The van der Waals surface area contributed by atoms with E-state index in [1.54, 1.807) is 55.6 Å². The van der Waals surface area contributed by atoms with Crippen LogP contribution in [0.5, 0.6) is 11.5 Å². The van der Waals surface area contributed by atoms with Crippen LogP contribution in [0.3, 0.4) is 0 Å². The molecule has 1 aromatic heterocycles. The number of nitrogens with two attached hydrogens (primary N) is 1. The third-order valence-corrected chi connectivity index (χ3v) is 4.26. The predicted octanol–water partition coefficient (Wildman–Crippen LogP) is 5.65. The van der Waals surface area contributed by atoms with Crippen molar-refractivity contribution in [1.82, 2.24) is 4.98 Å². The van der Waals surface area contributed by atoms with Crippen molar-refractivity contribution in [2.24, 2.45) is 0 Å². The van der Waals surface area contributed by atoms with E-state index in [9.17, 15) is 13.2 Å². The van der Waals surface area contributed by atoms with E-state index in [4.69, 9.17) is 14.9 Å². The summed E-state index contributed by atoms with van der Waals surface area (Å²) in [5.41, 5.74) is 9.67. The maximum Gasteiger partial charge on any atom is 0.573 e. The van der Waals surface area contributed by atoms with Gasteiger partial charge in [0.05, 0.1) is 12.7 Å². The molecule has 0 atom stereocenters. The minimum absolute atomic E-state index is 0.278. The second-order valence-electron chi connectivity index (χ2n) is 6.23. The van der Waals surface area contributed by atoms with E-state index in [0.29, 0.717) is 39.6 Å². The number of anilines is 1. The number of benzene rings is 3. The summed E-state index contributed by atoms with van der Waals surface area (Å²) in [5.74, 6) is 0.654. The summed E-state index contributed by atoms with van der Waals surface area (Å²) >= 11 is 0. The van der Waals surface area contributed by atoms with Crippen LogP contribution >= 0.6 is 0 Å². The number of rotatable bonds is 4. The maximum atomic E-state index is 12.3. The van der Waals surface area contributed by atoms with Crippen molar-refractivity contribution >= 4 is 16.8 Å². The highest BCUT2D eigenvalue weighted by atomic mass is 19.4. The Morgan fingerprint density at radius 2 is 1.66 bits per heavy atom. The first-order chi connectivity index (χ1) is 13.8. The number of alkyl halides is 3. The lowest BCUT2D eigenvalue weighted by molar-refractivity contribution is -0.274. The molecule has 0 saturated carbocycles. The van der Waals surface area contributed by atoms with Gasteiger partial charge in [0, 0.05) is 5.69 Å². The summed E-state index contributed by atoms with van der Waals surface area (Å²) in [6.45, 7) is 0. The Balaban J connectivity index is 1.68. The molecule has 0 aliphatic carbocycles. The van der Waals surface area contributed by atoms with E-state index in [1.165, 1.54) is 12.1 Å². The van der Waals surface area contributed by atoms with Crippen LogP contribution in [0.1, 0.15) is 0 Å². The summed E-state index contributed by atoms with van der Waals surface area (Å²) < 4.78 is 52.0. The molecule has 0 amide bonds. The van der Waals surface area contributed by atoms with Gasteiger partial charge in [-0.1, -0.05) is 18.2 Å². The zero-order valence-electron chi connectivity index (χ0n) is 15.2. The normalized spacial score (nSPS) is 11.6. The highest BCUT2D eigenvalue weighted by molar-refractivity contribution is 5.83. The highest BCUT2D eigenvalue weighted by Crippen LogP contribution is 2.34. The van der Waals surface area contributed by atoms with Crippen LogP contribution in [-0.4, -0.2) is 18.5 Å². The third kappa shape index (κ3) is 3.96. The van der Waals surface area contributed by atoms with Crippen molar-refractivity contribution in [3.63, 3.8) is 0 Å². The summed E-state index contributed by atoms with van der Waals surface area (Å²) in [5, 5.41) is 0. The van der Waals surface area contributed by atoms with Crippen LogP contribution in [0.2, 0.25) is 0 Å². The van der Waals surface area contributed by atoms with Crippen LogP contribution in [0.4, 0.5) is 18.9 Å². The Labute approximate surface area is 163 Å². The zero-order valence-corrected chi connectivity index (χ0v) is 15.2. The van der Waals surface area contributed by atoms with Crippen molar-refractivity contribution in [2.45, 2.75) is 6.36 Å².